The van der Waals surface area contributed by atoms with Crippen LogP contribution in [0.2, 0.25) is 0 Å². The summed E-state index contributed by atoms with van der Waals surface area (Å²) in [5.74, 6) is -0.347. The Kier molecular flexibility index (Phi) is 4.82. The van der Waals surface area contributed by atoms with Crippen molar-refractivity contribution in [3.63, 3.8) is 0 Å². The molecule has 0 radical (unpaired) electrons. The summed E-state index contributed by atoms with van der Waals surface area (Å²) in [4.78, 5) is 12.2. The largest absolute Gasteiger partial charge is 0.349 e. The summed E-state index contributed by atoms with van der Waals surface area (Å²) < 4.78 is 24.6. The zero-order valence-corrected chi connectivity index (χ0v) is 14.3. The van der Waals surface area contributed by atoms with Crippen LogP contribution in [0.5, 0.6) is 0 Å². The van der Waals surface area contributed by atoms with Gasteiger partial charge in [-0.3, -0.25) is 4.79 Å². The van der Waals surface area contributed by atoms with Gasteiger partial charge in [-0.2, -0.15) is 0 Å². The Labute approximate surface area is 140 Å². The zero-order chi connectivity index (χ0) is 16.3. The molecular weight excluding hydrogens is 330 g/mol. The van der Waals surface area contributed by atoms with Gasteiger partial charge in [-0.15, -0.1) is 11.3 Å². The second-order valence-corrected chi connectivity index (χ2v) is 9.00. The van der Waals surface area contributed by atoms with Gasteiger partial charge in [0.05, 0.1) is 11.8 Å². The molecule has 3 rings (SSSR count). The standard InChI is InChI=1S/C17H19NO3S2/c19-16(10-12-23(20,21)17-9-4-11-22-17)18-15-8-3-6-13-5-1-2-7-14(13)15/h1-2,4-5,7,9,11,15H,3,6,8,10,12H2,(H,18,19). The van der Waals surface area contributed by atoms with Gasteiger partial charge in [0, 0.05) is 6.42 Å². The molecular formula is C17H19NO3S2. The Hall–Kier alpha value is -1.66. The SMILES string of the molecule is O=C(CCS(=O)(=O)c1cccs1)NC1CCCc2ccccc21. The third-order valence-electron chi connectivity index (χ3n) is 4.10. The predicted octanol–water partition coefficient (Wildman–Crippen LogP) is 3.11. The van der Waals surface area contributed by atoms with Gasteiger partial charge >= 0.3 is 0 Å². The molecule has 1 aliphatic carbocycles. The quantitative estimate of drug-likeness (QED) is 0.902. The van der Waals surface area contributed by atoms with E-state index in [0.717, 1.165) is 24.8 Å². The smallest absolute Gasteiger partial charge is 0.221 e. The Balaban J connectivity index is 1.61. The molecule has 0 saturated carbocycles. The van der Waals surface area contributed by atoms with Crippen molar-refractivity contribution in [3.8, 4) is 0 Å². The topological polar surface area (TPSA) is 63.2 Å². The van der Waals surface area contributed by atoms with E-state index in [1.807, 2.05) is 18.2 Å². The highest BCUT2D eigenvalue weighted by Crippen LogP contribution is 2.29. The zero-order valence-electron chi connectivity index (χ0n) is 12.7. The maximum atomic E-state index is 12.2. The number of hydrogen-bond donors (Lipinski definition) is 1. The minimum absolute atomic E-state index is 0.00109. The fourth-order valence-electron chi connectivity index (χ4n) is 2.94. The minimum atomic E-state index is -3.36. The molecule has 6 heteroatoms. The minimum Gasteiger partial charge on any atom is -0.349 e. The molecule has 23 heavy (non-hydrogen) atoms. The fourth-order valence-corrected chi connectivity index (χ4v) is 5.33. The summed E-state index contributed by atoms with van der Waals surface area (Å²) in [7, 11) is -3.36. The van der Waals surface area contributed by atoms with Crippen LogP contribution in [-0.2, 0) is 21.1 Å². The van der Waals surface area contributed by atoms with Crippen molar-refractivity contribution in [2.45, 2.75) is 35.9 Å². The highest BCUT2D eigenvalue weighted by molar-refractivity contribution is 7.93. The summed E-state index contributed by atoms with van der Waals surface area (Å²) >= 11 is 1.19. The maximum Gasteiger partial charge on any atom is 0.221 e. The van der Waals surface area contributed by atoms with Crippen LogP contribution < -0.4 is 5.32 Å². The average molecular weight is 349 g/mol. The van der Waals surface area contributed by atoms with Crippen molar-refractivity contribution in [3.05, 3.63) is 52.9 Å². The number of sulfone groups is 1. The number of aryl methyl sites for hydroxylation is 1. The van der Waals surface area contributed by atoms with E-state index >= 15 is 0 Å². The molecule has 1 unspecified atom stereocenters. The fraction of sp³-hybridized carbons (Fsp3) is 0.353. The van der Waals surface area contributed by atoms with Crippen molar-refractivity contribution in [2.75, 3.05) is 5.75 Å². The van der Waals surface area contributed by atoms with E-state index in [0.29, 0.717) is 4.21 Å². The molecule has 0 aliphatic heterocycles. The first-order chi connectivity index (χ1) is 11.1. The number of nitrogens with one attached hydrogen (secondary N) is 1. The summed E-state index contributed by atoms with van der Waals surface area (Å²) in [6.45, 7) is 0. The van der Waals surface area contributed by atoms with Crippen molar-refractivity contribution in [1.82, 2.24) is 5.32 Å². The van der Waals surface area contributed by atoms with Gasteiger partial charge in [0.2, 0.25) is 5.91 Å². The lowest BCUT2D eigenvalue weighted by molar-refractivity contribution is -0.121. The normalized spacial score (nSPS) is 17.5. The first kappa shape index (κ1) is 16.2. The van der Waals surface area contributed by atoms with Gasteiger partial charge in [-0.05, 0) is 41.8 Å². The molecule has 122 valence electrons. The number of amides is 1. The molecule has 1 heterocycles. The Morgan fingerprint density at radius 1 is 1.22 bits per heavy atom. The maximum absolute atomic E-state index is 12.2. The van der Waals surface area contributed by atoms with Crippen LogP contribution in [0.15, 0.2) is 46.0 Å². The number of benzene rings is 1. The highest BCUT2D eigenvalue weighted by atomic mass is 32.2. The lowest BCUT2D eigenvalue weighted by Crippen LogP contribution is -2.32. The molecule has 0 bridgehead atoms. The first-order valence-electron chi connectivity index (χ1n) is 7.70. The molecule has 1 amide bonds. The lowest BCUT2D eigenvalue weighted by atomic mass is 9.88. The highest BCUT2D eigenvalue weighted by Gasteiger charge is 2.23. The number of carbonyl (C=O) groups excluding carboxylic acids is 1. The van der Waals surface area contributed by atoms with Gasteiger partial charge < -0.3 is 5.32 Å². The van der Waals surface area contributed by atoms with Crippen LogP contribution in [0, 0.1) is 0 Å². The number of rotatable bonds is 5. The van der Waals surface area contributed by atoms with E-state index in [9.17, 15) is 13.2 Å². The molecule has 1 aromatic carbocycles. The van der Waals surface area contributed by atoms with Gasteiger partial charge in [0.25, 0.3) is 0 Å². The third kappa shape index (κ3) is 3.82. The number of fused-ring (bicyclic) bond motifs is 1. The van der Waals surface area contributed by atoms with Crippen LogP contribution in [0.4, 0.5) is 0 Å². The van der Waals surface area contributed by atoms with E-state index in [2.05, 4.69) is 11.4 Å². The molecule has 0 spiro atoms. The second-order valence-electron chi connectivity index (χ2n) is 5.71. The van der Waals surface area contributed by atoms with Crippen molar-refractivity contribution < 1.29 is 13.2 Å². The summed E-state index contributed by atoms with van der Waals surface area (Å²) in [5.41, 5.74) is 2.43. The van der Waals surface area contributed by atoms with E-state index < -0.39 is 9.84 Å². The number of thiophene rings is 1. The van der Waals surface area contributed by atoms with Crippen LogP contribution in [0.25, 0.3) is 0 Å². The Morgan fingerprint density at radius 3 is 2.83 bits per heavy atom. The summed E-state index contributed by atoms with van der Waals surface area (Å²) in [6, 6.07) is 11.4. The molecule has 4 nitrogen and oxygen atoms in total. The van der Waals surface area contributed by atoms with Crippen molar-refractivity contribution in [2.24, 2.45) is 0 Å². The molecule has 1 aliphatic rings. The molecule has 1 atom stereocenters. The molecule has 0 saturated heterocycles. The molecule has 1 N–H and O–H groups in total. The summed E-state index contributed by atoms with van der Waals surface area (Å²) in [6.07, 6.45) is 2.98. The van der Waals surface area contributed by atoms with Gasteiger partial charge in [-0.25, -0.2) is 8.42 Å². The van der Waals surface area contributed by atoms with E-state index in [1.165, 1.54) is 16.9 Å². The van der Waals surface area contributed by atoms with E-state index in [4.69, 9.17) is 0 Å². The first-order valence-corrected chi connectivity index (χ1v) is 10.2. The van der Waals surface area contributed by atoms with Crippen LogP contribution >= 0.6 is 11.3 Å². The number of carbonyl (C=O) groups is 1. The lowest BCUT2D eigenvalue weighted by Gasteiger charge is -2.26. The van der Waals surface area contributed by atoms with Crippen LogP contribution in [0.3, 0.4) is 0 Å². The predicted molar refractivity (Wildman–Crippen MR) is 91.3 cm³/mol. The summed E-state index contributed by atoms with van der Waals surface area (Å²) in [5, 5.41) is 4.72. The number of hydrogen-bond acceptors (Lipinski definition) is 4. The van der Waals surface area contributed by atoms with Crippen molar-refractivity contribution >= 4 is 27.1 Å². The van der Waals surface area contributed by atoms with E-state index in [1.54, 1.807) is 17.5 Å². The Bertz CT molecular complexity index is 782. The Morgan fingerprint density at radius 2 is 2.04 bits per heavy atom. The van der Waals surface area contributed by atoms with Gasteiger partial charge in [0.15, 0.2) is 9.84 Å². The van der Waals surface area contributed by atoms with Crippen LogP contribution in [-0.4, -0.2) is 20.1 Å². The van der Waals surface area contributed by atoms with Crippen LogP contribution in [0.1, 0.15) is 36.4 Å². The second kappa shape index (κ2) is 6.84. The monoisotopic (exact) mass is 349 g/mol. The molecule has 0 fully saturated rings. The average Bonchev–Trinajstić information content (AvgIpc) is 3.09. The molecule has 1 aromatic heterocycles. The van der Waals surface area contributed by atoms with E-state index in [-0.39, 0.29) is 24.1 Å². The van der Waals surface area contributed by atoms with Gasteiger partial charge in [-0.1, -0.05) is 30.3 Å². The molecule has 2 aromatic rings. The van der Waals surface area contributed by atoms with Gasteiger partial charge in [0.1, 0.15) is 4.21 Å². The van der Waals surface area contributed by atoms with Crippen molar-refractivity contribution in [1.29, 1.82) is 0 Å². The third-order valence-corrected chi connectivity index (χ3v) is 7.31.